The number of amides is 1. The van der Waals surface area contributed by atoms with Crippen LogP contribution in [0.2, 0.25) is 0 Å². The van der Waals surface area contributed by atoms with Crippen molar-refractivity contribution in [2.75, 3.05) is 50.7 Å². The van der Waals surface area contributed by atoms with Crippen LogP contribution < -0.4 is 4.90 Å². The lowest BCUT2D eigenvalue weighted by atomic mass is 9.69. The zero-order valence-electron chi connectivity index (χ0n) is 23.2. The van der Waals surface area contributed by atoms with Crippen molar-refractivity contribution in [3.05, 3.63) is 48.4 Å². The molecule has 2 saturated heterocycles. The molecule has 1 aliphatic carbocycles. The molecule has 0 unspecified atom stereocenters. The number of piperidine rings is 1. The normalized spacial score (nSPS) is 24.9. The molecule has 2 aromatic heterocycles. The number of oxazole rings is 1. The Morgan fingerprint density at radius 2 is 1.82 bits per heavy atom. The van der Waals surface area contributed by atoms with Gasteiger partial charge in [0.25, 0.3) is 0 Å². The summed E-state index contributed by atoms with van der Waals surface area (Å²) in [6.45, 7) is 8.59. The minimum Gasteiger partial charge on any atom is -0.443 e. The maximum Gasteiger partial charge on any atom is 0.227 e. The molecule has 0 radical (unpaired) electrons. The second kappa shape index (κ2) is 10.8. The quantitative estimate of drug-likeness (QED) is 0.348. The minimum absolute atomic E-state index is 0.113. The summed E-state index contributed by atoms with van der Waals surface area (Å²) in [5, 5.41) is 7.90. The van der Waals surface area contributed by atoms with E-state index in [1.54, 1.807) is 0 Å². The van der Waals surface area contributed by atoms with Crippen molar-refractivity contribution < 1.29 is 13.8 Å². The number of carbonyl (C=O) groups excluding carboxylic acids is 1. The van der Waals surface area contributed by atoms with E-state index in [-0.39, 0.29) is 5.92 Å². The molecule has 0 spiro atoms. The van der Waals surface area contributed by atoms with Crippen LogP contribution in [0.5, 0.6) is 0 Å². The van der Waals surface area contributed by atoms with Crippen molar-refractivity contribution in [1.29, 1.82) is 0 Å². The van der Waals surface area contributed by atoms with E-state index >= 15 is 0 Å². The second-order valence-electron chi connectivity index (χ2n) is 12.2. The van der Waals surface area contributed by atoms with Crippen LogP contribution >= 0.6 is 0 Å². The van der Waals surface area contributed by atoms with Crippen LogP contribution in [0, 0.1) is 23.7 Å². The first-order valence-corrected chi connectivity index (χ1v) is 14.9. The molecule has 9 heteroatoms. The molecule has 210 valence electrons. The number of likely N-dealkylation sites (tertiary alicyclic amines) is 1. The number of aromatic nitrogens is 3. The van der Waals surface area contributed by atoms with E-state index in [0.717, 1.165) is 80.1 Å². The summed E-state index contributed by atoms with van der Waals surface area (Å²) in [6.07, 6.45) is 7.54. The third kappa shape index (κ3) is 5.07. The number of piperazine rings is 1. The molecule has 4 aromatic rings. The number of hydrogen-bond donors (Lipinski definition) is 0. The molecular formula is C31H38N6O3. The fraction of sp³-hybridized carbons (Fsp3) is 0.548. The molecule has 9 nitrogen and oxygen atoms in total. The first-order chi connectivity index (χ1) is 19.6. The van der Waals surface area contributed by atoms with Crippen LogP contribution in [0.1, 0.15) is 38.2 Å². The molecule has 2 aromatic carbocycles. The highest BCUT2D eigenvalue weighted by molar-refractivity contribution is 5.81. The van der Waals surface area contributed by atoms with E-state index in [2.05, 4.69) is 55.1 Å². The molecule has 7 rings (SSSR count). The highest BCUT2D eigenvalue weighted by atomic mass is 16.6. The van der Waals surface area contributed by atoms with Gasteiger partial charge in [0.2, 0.25) is 5.91 Å². The second-order valence-corrected chi connectivity index (χ2v) is 12.2. The fourth-order valence-corrected chi connectivity index (χ4v) is 7.55. The number of carbonyl (C=O) groups is 1. The summed E-state index contributed by atoms with van der Waals surface area (Å²) in [7, 11) is 0. The SMILES string of the molecule is C[C@H](Cc1ccc2ocnc2c1)CN1C[C@H]2CCCC[C@@H]2[C@H](C(=O)N2CCN(c3ccc4nonc4c3)CC2)C1. The summed E-state index contributed by atoms with van der Waals surface area (Å²) >= 11 is 0. The Hall–Kier alpha value is -3.46. The van der Waals surface area contributed by atoms with E-state index in [1.807, 2.05) is 18.2 Å². The van der Waals surface area contributed by atoms with Gasteiger partial charge in [0.15, 0.2) is 12.0 Å². The monoisotopic (exact) mass is 542 g/mol. The molecule has 1 amide bonds. The number of nitrogens with zero attached hydrogens (tertiary/aromatic N) is 6. The maximum absolute atomic E-state index is 14.0. The highest BCUT2D eigenvalue weighted by Gasteiger charge is 2.43. The average Bonchev–Trinajstić information content (AvgIpc) is 3.65. The highest BCUT2D eigenvalue weighted by Crippen LogP contribution is 2.40. The van der Waals surface area contributed by atoms with E-state index in [0.29, 0.717) is 23.7 Å². The number of fused-ring (bicyclic) bond motifs is 3. The van der Waals surface area contributed by atoms with Crippen LogP contribution in [0.4, 0.5) is 5.69 Å². The summed E-state index contributed by atoms with van der Waals surface area (Å²) in [5.41, 5.74) is 5.72. The van der Waals surface area contributed by atoms with Crippen molar-refractivity contribution in [2.45, 2.75) is 39.0 Å². The van der Waals surface area contributed by atoms with Gasteiger partial charge in [-0.05, 0) is 83.2 Å². The molecule has 4 heterocycles. The molecule has 2 aliphatic heterocycles. The smallest absolute Gasteiger partial charge is 0.227 e. The van der Waals surface area contributed by atoms with Gasteiger partial charge in [0.05, 0.1) is 5.92 Å². The van der Waals surface area contributed by atoms with Crippen molar-refractivity contribution in [3.8, 4) is 0 Å². The standard InChI is InChI=1S/C31H38N6O3/c1-21(14-22-6-9-30-29(15-22)32-20-39-30)17-35-18-23-4-2-3-5-25(23)26(19-35)31(38)37-12-10-36(11-13-37)24-7-8-27-28(16-24)34-40-33-27/h6-9,15-16,20-21,23,25-26H,2-5,10-14,17-19H2,1H3/t21-,23-,25+,26-/m1/s1. The fourth-order valence-electron chi connectivity index (χ4n) is 7.55. The van der Waals surface area contributed by atoms with Crippen LogP contribution in [0.3, 0.4) is 0 Å². The third-order valence-corrected chi connectivity index (χ3v) is 9.49. The summed E-state index contributed by atoms with van der Waals surface area (Å²) in [4.78, 5) is 25.5. The Morgan fingerprint density at radius 3 is 2.73 bits per heavy atom. The van der Waals surface area contributed by atoms with Gasteiger partial charge in [-0.3, -0.25) is 4.79 Å². The maximum atomic E-state index is 14.0. The van der Waals surface area contributed by atoms with Crippen molar-refractivity contribution in [1.82, 2.24) is 25.1 Å². The summed E-state index contributed by atoms with van der Waals surface area (Å²) in [6, 6.07) is 12.4. The predicted octanol–water partition coefficient (Wildman–Crippen LogP) is 4.63. The molecule has 0 bridgehead atoms. The van der Waals surface area contributed by atoms with Gasteiger partial charge < -0.3 is 19.1 Å². The van der Waals surface area contributed by atoms with Crippen LogP contribution in [0.15, 0.2) is 51.8 Å². The van der Waals surface area contributed by atoms with Crippen molar-refractivity contribution in [3.63, 3.8) is 0 Å². The van der Waals surface area contributed by atoms with E-state index in [9.17, 15) is 4.79 Å². The average molecular weight is 543 g/mol. The third-order valence-electron chi connectivity index (χ3n) is 9.49. The first kappa shape index (κ1) is 25.5. The minimum atomic E-state index is 0.113. The largest absolute Gasteiger partial charge is 0.443 e. The zero-order valence-corrected chi connectivity index (χ0v) is 23.2. The van der Waals surface area contributed by atoms with Crippen LogP contribution in [-0.4, -0.2) is 76.8 Å². The summed E-state index contributed by atoms with van der Waals surface area (Å²) in [5.74, 6) is 2.16. The molecule has 40 heavy (non-hydrogen) atoms. The summed E-state index contributed by atoms with van der Waals surface area (Å²) < 4.78 is 10.3. The van der Waals surface area contributed by atoms with Gasteiger partial charge in [-0.25, -0.2) is 9.61 Å². The van der Waals surface area contributed by atoms with Gasteiger partial charge in [-0.15, -0.1) is 0 Å². The van der Waals surface area contributed by atoms with E-state index in [4.69, 9.17) is 9.05 Å². The topological polar surface area (TPSA) is 91.7 Å². The number of hydrogen-bond acceptors (Lipinski definition) is 8. The molecule has 3 aliphatic rings. The van der Waals surface area contributed by atoms with Crippen LogP contribution in [0.25, 0.3) is 22.1 Å². The van der Waals surface area contributed by atoms with Gasteiger partial charge in [0.1, 0.15) is 16.6 Å². The number of rotatable bonds is 6. The van der Waals surface area contributed by atoms with E-state index < -0.39 is 0 Å². The lowest BCUT2D eigenvalue weighted by Crippen LogP contribution is -2.57. The van der Waals surface area contributed by atoms with E-state index in [1.165, 1.54) is 37.6 Å². The first-order valence-electron chi connectivity index (χ1n) is 14.9. The Balaban J connectivity index is 0.996. The lowest BCUT2D eigenvalue weighted by Gasteiger charge is -2.48. The van der Waals surface area contributed by atoms with Gasteiger partial charge in [0, 0.05) is 51.5 Å². The predicted molar refractivity (Wildman–Crippen MR) is 153 cm³/mol. The van der Waals surface area contributed by atoms with Gasteiger partial charge in [-0.1, -0.05) is 25.8 Å². The van der Waals surface area contributed by atoms with Crippen LogP contribution in [-0.2, 0) is 11.2 Å². The molecule has 0 N–H and O–H groups in total. The molecule has 4 atom stereocenters. The number of anilines is 1. The molecular weight excluding hydrogens is 504 g/mol. The Kier molecular flexibility index (Phi) is 6.91. The van der Waals surface area contributed by atoms with Gasteiger partial charge >= 0.3 is 0 Å². The van der Waals surface area contributed by atoms with Crippen molar-refractivity contribution in [2.24, 2.45) is 23.7 Å². The zero-order chi connectivity index (χ0) is 27.1. The lowest BCUT2D eigenvalue weighted by molar-refractivity contribution is -0.142. The Bertz CT molecular complexity index is 1470. The Morgan fingerprint density at radius 1 is 0.975 bits per heavy atom. The number of benzene rings is 2. The van der Waals surface area contributed by atoms with Crippen molar-refractivity contribution >= 4 is 33.7 Å². The molecule has 3 fully saturated rings. The molecule has 1 saturated carbocycles. The Labute approximate surface area is 234 Å². The van der Waals surface area contributed by atoms with Gasteiger partial charge in [-0.2, -0.15) is 0 Å².